The molecule has 0 saturated carbocycles. The van der Waals surface area contributed by atoms with Crippen LogP contribution in [0.25, 0.3) is 5.65 Å². The molecule has 36 heavy (non-hydrogen) atoms. The van der Waals surface area contributed by atoms with Crippen molar-refractivity contribution in [2.75, 3.05) is 18.5 Å². The van der Waals surface area contributed by atoms with Crippen LogP contribution in [-0.2, 0) is 16.0 Å². The van der Waals surface area contributed by atoms with Crippen molar-refractivity contribution in [2.45, 2.75) is 52.9 Å². The minimum atomic E-state index is -0.593. The summed E-state index contributed by atoms with van der Waals surface area (Å²) < 4.78 is 18.4. The molecule has 0 aliphatic rings. The molecule has 0 aromatic carbocycles. The molecular weight excluding hydrogens is 556 g/mol. The fourth-order valence-corrected chi connectivity index (χ4v) is 3.62. The van der Waals surface area contributed by atoms with Crippen molar-refractivity contribution in [3.8, 4) is 5.88 Å². The van der Waals surface area contributed by atoms with Gasteiger partial charge in [0, 0.05) is 24.5 Å². The SMILES string of the molecule is CCOC(=O)c1cnn2cc(Br)c(NCc3cc(Cl)cnc3O[C@@H](C)CNC(=O)OC(C)(C)C)nc12. The first-order valence-corrected chi connectivity index (χ1v) is 12.4. The minimum absolute atomic E-state index is 0.216. The molecule has 3 aromatic heterocycles. The van der Waals surface area contributed by atoms with E-state index >= 15 is 0 Å². The predicted molar refractivity (Wildman–Crippen MR) is 138 cm³/mol. The Hall–Kier alpha value is -3.12. The average molecular weight is 584 g/mol. The van der Waals surface area contributed by atoms with E-state index in [-0.39, 0.29) is 25.3 Å². The third-order valence-corrected chi connectivity index (χ3v) is 5.31. The maximum absolute atomic E-state index is 12.2. The Kier molecular flexibility index (Phi) is 8.96. The van der Waals surface area contributed by atoms with Crippen LogP contribution in [0.4, 0.5) is 10.6 Å². The van der Waals surface area contributed by atoms with Gasteiger partial charge in [0.1, 0.15) is 23.1 Å². The summed E-state index contributed by atoms with van der Waals surface area (Å²) in [5.41, 5.74) is 0.678. The second kappa shape index (κ2) is 11.7. The Morgan fingerprint density at radius 1 is 1.28 bits per heavy atom. The average Bonchev–Trinajstić information content (AvgIpc) is 3.19. The normalized spacial score (nSPS) is 12.2. The number of nitrogens with zero attached hydrogens (tertiary/aromatic N) is 4. The predicted octanol–water partition coefficient (Wildman–Crippen LogP) is 4.62. The monoisotopic (exact) mass is 582 g/mol. The number of amides is 1. The quantitative estimate of drug-likeness (QED) is 0.347. The zero-order chi connectivity index (χ0) is 26.5. The van der Waals surface area contributed by atoms with Crippen molar-refractivity contribution in [2.24, 2.45) is 0 Å². The molecule has 0 bridgehead atoms. The maximum atomic E-state index is 12.2. The van der Waals surface area contributed by atoms with Gasteiger partial charge in [0.05, 0.1) is 28.8 Å². The molecule has 0 spiro atoms. The lowest BCUT2D eigenvalue weighted by molar-refractivity contribution is 0.0500. The molecule has 1 amide bonds. The molecule has 3 rings (SSSR count). The highest BCUT2D eigenvalue weighted by molar-refractivity contribution is 9.10. The zero-order valence-electron chi connectivity index (χ0n) is 20.6. The molecule has 2 N–H and O–H groups in total. The number of carbonyl (C=O) groups excluding carboxylic acids is 2. The van der Waals surface area contributed by atoms with Crippen molar-refractivity contribution >= 4 is 51.1 Å². The van der Waals surface area contributed by atoms with Crippen LogP contribution in [-0.4, -0.2) is 56.5 Å². The second-order valence-electron chi connectivity index (χ2n) is 8.77. The highest BCUT2D eigenvalue weighted by Gasteiger charge is 2.19. The van der Waals surface area contributed by atoms with Crippen LogP contribution in [0.1, 0.15) is 50.5 Å². The van der Waals surface area contributed by atoms with Gasteiger partial charge in [-0.2, -0.15) is 5.10 Å². The summed E-state index contributed by atoms with van der Waals surface area (Å²) in [6.07, 6.45) is 3.65. The standard InChI is InChI=1S/C23H28BrClN6O5/c1-6-34-21(32)16-11-29-31-12-17(24)18(30-19(16)31)26-9-14-7-15(25)10-27-20(14)35-13(2)8-28-22(33)36-23(3,4)5/h7,10-13H,6,8-9H2,1-5H3,(H,26,30)(H,28,33)/t13-/m0/s1. The van der Waals surface area contributed by atoms with Crippen LogP contribution in [0.2, 0.25) is 5.02 Å². The third kappa shape index (κ3) is 7.44. The summed E-state index contributed by atoms with van der Waals surface area (Å²) in [6, 6.07) is 1.72. The van der Waals surface area contributed by atoms with E-state index in [0.29, 0.717) is 32.4 Å². The molecule has 13 heteroatoms. The number of pyridine rings is 1. The summed E-state index contributed by atoms with van der Waals surface area (Å²) >= 11 is 9.64. The third-order valence-electron chi connectivity index (χ3n) is 4.53. The summed E-state index contributed by atoms with van der Waals surface area (Å²) in [4.78, 5) is 33.0. The van der Waals surface area contributed by atoms with E-state index in [2.05, 4.69) is 41.6 Å². The van der Waals surface area contributed by atoms with Gasteiger partial charge in [0.15, 0.2) is 5.65 Å². The van der Waals surface area contributed by atoms with Gasteiger partial charge >= 0.3 is 12.1 Å². The van der Waals surface area contributed by atoms with E-state index in [9.17, 15) is 9.59 Å². The van der Waals surface area contributed by atoms with Crippen molar-refractivity contribution in [3.05, 3.63) is 45.3 Å². The molecule has 0 saturated heterocycles. The molecule has 194 valence electrons. The molecular formula is C23H28BrClN6O5. The summed E-state index contributed by atoms with van der Waals surface area (Å²) in [6.45, 7) is 9.62. The molecule has 0 fully saturated rings. The number of esters is 1. The number of halogens is 2. The smallest absolute Gasteiger partial charge is 0.407 e. The minimum Gasteiger partial charge on any atom is -0.473 e. The van der Waals surface area contributed by atoms with Gasteiger partial charge in [-0.25, -0.2) is 24.1 Å². The van der Waals surface area contributed by atoms with Crippen LogP contribution in [0, 0.1) is 0 Å². The Labute approximate surface area is 222 Å². The summed E-state index contributed by atoms with van der Waals surface area (Å²) in [5, 5.41) is 10.5. The van der Waals surface area contributed by atoms with Gasteiger partial charge in [-0.1, -0.05) is 11.6 Å². The highest BCUT2D eigenvalue weighted by Crippen LogP contribution is 2.26. The van der Waals surface area contributed by atoms with Gasteiger partial charge < -0.3 is 24.8 Å². The Bertz CT molecular complexity index is 1250. The largest absolute Gasteiger partial charge is 0.473 e. The molecule has 0 aliphatic carbocycles. The molecule has 0 aliphatic heterocycles. The van der Waals surface area contributed by atoms with E-state index < -0.39 is 23.8 Å². The lowest BCUT2D eigenvalue weighted by Gasteiger charge is -2.21. The van der Waals surface area contributed by atoms with Gasteiger partial charge in [-0.05, 0) is 56.6 Å². The van der Waals surface area contributed by atoms with E-state index in [0.717, 1.165) is 0 Å². The first-order chi connectivity index (χ1) is 17.0. The maximum Gasteiger partial charge on any atom is 0.407 e. The van der Waals surface area contributed by atoms with Crippen LogP contribution >= 0.6 is 27.5 Å². The van der Waals surface area contributed by atoms with Crippen molar-refractivity contribution in [1.29, 1.82) is 0 Å². The van der Waals surface area contributed by atoms with Crippen LogP contribution in [0.3, 0.4) is 0 Å². The number of aromatic nitrogens is 4. The Morgan fingerprint density at radius 3 is 2.72 bits per heavy atom. The number of anilines is 1. The fraction of sp³-hybridized carbons (Fsp3) is 0.435. The van der Waals surface area contributed by atoms with Crippen LogP contribution in [0.5, 0.6) is 5.88 Å². The topological polar surface area (TPSA) is 129 Å². The number of hydrogen-bond acceptors (Lipinski definition) is 9. The van der Waals surface area contributed by atoms with Gasteiger partial charge in [-0.15, -0.1) is 0 Å². The molecule has 3 heterocycles. The number of alkyl carbamates (subject to hydrolysis) is 1. The lowest BCUT2D eigenvalue weighted by atomic mass is 10.2. The fourth-order valence-electron chi connectivity index (χ4n) is 3.02. The number of carbonyl (C=O) groups is 2. The number of ether oxygens (including phenoxy) is 3. The second-order valence-corrected chi connectivity index (χ2v) is 10.1. The number of rotatable bonds is 9. The van der Waals surface area contributed by atoms with Crippen LogP contribution in [0.15, 0.2) is 29.1 Å². The summed E-state index contributed by atoms with van der Waals surface area (Å²) in [7, 11) is 0. The lowest BCUT2D eigenvalue weighted by Crippen LogP contribution is -2.37. The molecule has 3 aromatic rings. The van der Waals surface area contributed by atoms with E-state index in [4.69, 9.17) is 25.8 Å². The molecule has 1 atom stereocenters. The van der Waals surface area contributed by atoms with Gasteiger partial charge in [0.2, 0.25) is 5.88 Å². The number of nitrogens with one attached hydrogen (secondary N) is 2. The van der Waals surface area contributed by atoms with E-state index in [1.165, 1.54) is 16.9 Å². The molecule has 11 nitrogen and oxygen atoms in total. The summed E-state index contributed by atoms with van der Waals surface area (Å²) in [5.74, 6) is 0.315. The van der Waals surface area contributed by atoms with E-state index in [1.807, 2.05) is 0 Å². The number of hydrogen-bond donors (Lipinski definition) is 2. The van der Waals surface area contributed by atoms with Gasteiger partial charge in [-0.3, -0.25) is 0 Å². The van der Waals surface area contributed by atoms with Crippen molar-refractivity contribution in [3.63, 3.8) is 0 Å². The molecule has 0 unspecified atom stereocenters. The highest BCUT2D eigenvalue weighted by atomic mass is 79.9. The Balaban J connectivity index is 1.72. The van der Waals surface area contributed by atoms with Gasteiger partial charge in [0.25, 0.3) is 0 Å². The number of fused-ring (bicyclic) bond motifs is 1. The van der Waals surface area contributed by atoms with Crippen molar-refractivity contribution < 1.29 is 23.8 Å². The van der Waals surface area contributed by atoms with Crippen molar-refractivity contribution in [1.82, 2.24) is 24.9 Å². The van der Waals surface area contributed by atoms with Crippen LogP contribution < -0.4 is 15.4 Å². The first kappa shape index (κ1) is 27.5. The van der Waals surface area contributed by atoms with E-state index in [1.54, 1.807) is 46.9 Å². The Morgan fingerprint density at radius 2 is 2.03 bits per heavy atom. The molecule has 0 radical (unpaired) electrons. The zero-order valence-corrected chi connectivity index (χ0v) is 22.9. The first-order valence-electron chi connectivity index (χ1n) is 11.2.